The van der Waals surface area contributed by atoms with Gasteiger partial charge in [0.1, 0.15) is 0 Å². The highest BCUT2D eigenvalue weighted by molar-refractivity contribution is 5.82. The quantitative estimate of drug-likeness (QED) is 0.798. The van der Waals surface area contributed by atoms with E-state index in [1.807, 2.05) is 23.9 Å². The van der Waals surface area contributed by atoms with Crippen LogP contribution in [0.3, 0.4) is 0 Å². The Bertz CT molecular complexity index is 505. The summed E-state index contributed by atoms with van der Waals surface area (Å²) in [6.45, 7) is 6.42. The second-order valence-electron chi connectivity index (χ2n) is 5.37. The molecule has 0 aliphatic heterocycles. The molecule has 0 radical (unpaired) electrons. The second kappa shape index (κ2) is 3.59. The molecule has 0 saturated heterocycles. The van der Waals surface area contributed by atoms with Crippen molar-refractivity contribution in [1.82, 2.24) is 9.78 Å². The van der Waals surface area contributed by atoms with Gasteiger partial charge < -0.3 is 5.73 Å². The highest BCUT2D eigenvalue weighted by Gasteiger charge is 2.26. The Labute approximate surface area is 96.2 Å². The maximum Gasteiger partial charge on any atom is 0.0875 e. The fourth-order valence-electron chi connectivity index (χ4n) is 1.88. The number of benzene rings is 1. The van der Waals surface area contributed by atoms with E-state index in [2.05, 4.69) is 38.0 Å². The SMILES string of the molecule is Cn1nc(C(N)C(C)(C)C)c2ccccc21. The van der Waals surface area contributed by atoms with E-state index >= 15 is 0 Å². The van der Waals surface area contributed by atoms with Crippen LogP contribution in [-0.2, 0) is 7.05 Å². The Balaban J connectivity index is 2.62. The van der Waals surface area contributed by atoms with Gasteiger partial charge in [0, 0.05) is 12.4 Å². The number of hydrogen-bond acceptors (Lipinski definition) is 2. The summed E-state index contributed by atoms with van der Waals surface area (Å²) in [5, 5.41) is 5.71. The van der Waals surface area contributed by atoms with E-state index in [4.69, 9.17) is 5.73 Å². The Kier molecular flexibility index (Phi) is 2.50. The summed E-state index contributed by atoms with van der Waals surface area (Å²) >= 11 is 0. The van der Waals surface area contributed by atoms with E-state index in [0.717, 1.165) is 16.6 Å². The van der Waals surface area contributed by atoms with Crippen molar-refractivity contribution in [1.29, 1.82) is 0 Å². The van der Waals surface area contributed by atoms with Gasteiger partial charge in [-0.3, -0.25) is 4.68 Å². The number of aromatic nitrogens is 2. The summed E-state index contributed by atoms with van der Waals surface area (Å²) in [6.07, 6.45) is 0. The standard InChI is InChI=1S/C13H19N3/c1-13(2,3)12(14)11-9-7-5-6-8-10(9)16(4)15-11/h5-8,12H,14H2,1-4H3. The van der Waals surface area contributed by atoms with Gasteiger partial charge in [-0.15, -0.1) is 0 Å². The molecule has 0 spiro atoms. The van der Waals surface area contributed by atoms with E-state index in [1.165, 1.54) is 0 Å². The van der Waals surface area contributed by atoms with Crippen LogP contribution in [0.5, 0.6) is 0 Å². The van der Waals surface area contributed by atoms with Crippen LogP contribution in [0.1, 0.15) is 32.5 Å². The molecule has 3 nitrogen and oxygen atoms in total. The molecule has 0 aliphatic carbocycles. The number of nitrogens with zero attached hydrogens (tertiary/aromatic N) is 2. The van der Waals surface area contributed by atoms with Gasteiger partial charge in [0.15, 0.2) is 0 Å². The molecule has 1 unspecified atom stereocenters. The maximum atomic E-state index is 6.28. The smallest absolute Gasteiger partial charge is 0.0875 e. The molecule has 1 aromatic carbocycles. The Morgan fingerprint density at radius 3 is 2.50 bits per heavy atom. The van der Waals surface area contributed by atoms with E-state index in [1.54, 1.807) is 0 Å². The Hall–Kier alpha value is -1.35. The molecule has 2 rings (SSSR count). The summed E-state index contributed by atoms with van der Waals surface area (Å²) in [5.41, 5.74) is 8.43. The van der Waals surface area contributed by atoms with E-state index < -0.39 is 0 Å². The summed E-state index contributed by atoms with van der Waals surface area (Å²) < 4.78 is 1.90. The van der Waals surface area contributed by atoms with Crippen molar-refractivity contribution >= 4 is 10.9 Å². The van der Waals surface area contributed by atoms with E-state index in [9.17, 15) is 0 Å². The van der Waals surface area contributed by atoms with Crippen molar-refractivity contribution in [3.05, 3.63) is 30.0 Å². The lowest BCUT2D eigenvalue weighted by atomic mass is 9.84. The minimum atomic E-state index is -0.0430. The van der Waals surface area contributed by atoms with Crippen molar-refractivity contribution in [2.45, 2.75) is 26.8 Å². The summed E-state index contributed by atoms with van der Waals surface area (Å²) in [5.74, 6) is 0. The number of para-hydroxylation sites is 1. The molecule has 0 amide bonds. The van der Waals surface area contributed by atoms with Gasteiger partial charge in [0.05, 0.1) is 17.3 Å². The number of fused-ring (bicyclic) bond motifs is 1. The van der Waals surface area contributed by atoms with Crippen LogP contribution in [0.25, 0.3) is 10.9 Å². The largest absolute Gasteiger partial charge is 0.322 e. The van der Waals surface area contributed by atoms with Crippen molar-refractivity contribution in [2.24, 2.45) is 18.2 Å². The van der Waals surface area contributed by atoms with Crippen LogP contribution in [0, 0.1) is 5.41 Å². The van der Waals surface area contributed by atoms with Crippen LogP contribution >= 0.6 is 0 Å². The van der Waals surface area contributed by atoms with Crippen LogP contribution in [-0.4, -0.2) is 9.78 Å². The average molecular weight is 217 g/mol. The maximum absolute atomic E-state index is 6.28. The van der Waals surface area contributed by atoms with Gasteiger partial charge in [0.25, 0.3) is 0 Å². The second-order valence-corrected chi connectivity index (χ2v) is 5.37. The van der Waals surface area contributed by atoms with Crippen molar-refractivity contribution in [3.8, 4) is 0 Å². The lowest BCUT2D eigenvalue weighted by molar-refractivity contribution is 0.321. The fraction of sp³-hybridized carbons (Fsp3) is 0.462. The molecule has 0 fully saturated rings. The van der Waals surface area contributed by atoms with Gasteiger partial charge in [0.2, 0.25) is 0 Å². The van der Waals surface area contributed by atoms with E-state index in [0.29, 0.717) is 0 Å². The summed E-state index contributed by atoms with van der Waals surface area (Å²) in [6, 6.07) is 8.17. The summed E-state index contributed by atoms with van der Waals surface area (Å²) in [7, 11) is 1.96. The van der Waals surface area contributed by atoms with Gasteiger partial charge in [-0.2, -0.15) is 5.10 Å². The molecule has 1 atom stereocenters. The molecular formula is C13H19N3. The molecule has 86 valence electrons. The number of hydrogen-bond donors (Lipinski definition) is 1. The zero-order chi connectivity index (χ0) is 11.9. The van der Waals surface area contributed by atoms with Crippen molar-refractivity contribution in [2.75, 3.05) is 0 Å². The normalized spacial score (nSPS) is 14.3. The minimum Gasteiger partial charge on any atom is -0.322 e. The van der Waals surface area contributed by atoms with Crippen LogP contribution < -0.4 is 5.73 Å². The fourth-order valence-corrected chi connectivity index (χ4v) is 1.88. The van der Waals surface area contributed by atoms with Gasteiger partial charge >= 0.3 is 0 Å². The molecule has 2 aromatic rings. The first-order valence-corrected chi connectivity index (χ1v) is 5.58. The zero-order valence-corrected chi connectivity index (χ0v) is 10.4. The Morgan fingerprint density at radius 1 is 1.25 bits per heavy atom. The highest BCUT2D eigenvalue weighted by Crippen LogP contribution is 2.33. The monoisotopic (exact) mass is 217 g/mol. The predicted molar refractivity (Wildman–Crippen MR) is 67.1 cm³/mol. The first-order chi connectivity index (χ1) is 7.41. The molecule has 0 bridgehead atoms. The topological polar surface area (TPSA) is 43.8 Å². The number of nitrogens with two attached hydrogens (primary N) is 1. The first kappa shape index (κ1) is 11.1. The predicted octanol–water partition coefficient (Wildman–Crippen LogP) is 2.62. The third kappa shape index (κ3) is 1.71. The summed E-state index contributed by atoms with van der Waals surface area (Å²) in [4.78, 5) is 0. The van der Waals surface area contributed by atoms with Gasteiger partial charge in [-0.05, 0) is 11.5 Å². The van der Waals surface area contributed by atoms with Crippen LogP contribution in [0.2, 0.25) is 0 Å². The molecule has 16 heavy (non-hydrogen) atoms. The first-order valence-electron chi connectivity index (χ1n) is 5.58. The molecule has 2 N–H and O–H groups in total. The lowest BCUT2D eigenvalue weighted by Crippen LogP contribution is -2.26. The lowest BCUT2D eigenvalue weighted by Gasteiger charge is -2.25. The third-order valence-electron chi connectivity index (χ3n) is 3.01. The molecule has 3 heteroatoms. The molecule has 1 aromatic heterocycles. The molecule has 0 saturated carbocycles. The molecular weight excluding hydrogens is 198 g/mol. The van der Waals surface area contributed by atoms with Crippen LogP contribution in [0.15, 0.2) is 24.3 Å². The van der Waals surface area contributed by atoms with Gasteiger partial charge in [-0.1, -0.05) is 39.0 Å². The van der Waals surface area contributed by atoms with Gasteiger partial charge in [-0.25, -0.2) is 0 Å². The number of rotatable bonds is 1. The van der Waals surface area contributed by atoms with E-state index in [-0.39, 0.29) is 11.5 Å². The number of aryl methyl sites for hydroxylation is 1. The van der Waals surface area contributed by atoms with Crippen molar-refractivity contribution in [3.63, 3.8) is 0 Å². The molecule has 0 aliphatic rings. The third-order valence-corrected chi connectivity index (χ3v) is 3.01. The van der Waals surface area contributed by atoms with Crippen molar-refractivity contribution < 1.29 is 0 Å². The molecule has 1 heterocycles. The zero-order valence-electron chi connectivity index (χ0n) is 10.4. The Morgan fingerprint density at radius 2 is 1.88 bits per heavy atom. The minimum absolute atomic E-state index is 0.0249. The average Bonchev–Trinajstić information content (AvgIpc) is 2.55. The van der Waals surface area contributed by atoms with Crippen LogP contribution in [0.4, 0.5) is 0 Å². The highest BCUT2D eigenvalue weighted by atomic mass is 15.3.